The van der Waals surface area contributed by atoms with Gasteiger partial charge in [0.05, 0.1) is 0 Å². The summed E-state index contributed by atoms with van der Waals surface area (Å²) in [6, 6.07) is 11.2. The van der Waals surface area contributed by atoms with Gasteiger partial charge in [-0.15, -0.1) is 0 Å². The Balaban J connectivity index is 2.13. The third-order valence-corrected chi connectivity index (χ3v) is 4.04. The van der Waals surface area contributed by atoms with Crippen LogP contribution in [0.5, 0.6) is 0 Å². The first-order valence-electron chi connectivity index (χ1n) is 8.59. The summed E-state index contributed by atoms with van der Waals surface area (Å²) in [6.07, 6.45) is 7.03. The molecule has 0 aromatic heterocycles. The molecule has 22 heavy (non-hydrogen) atoms. The third-order valence-electron chi connectivity index (χ3n) is 4.04. The predicted octanol–water partition coefficient (Wildman–Crippen LogP) is 4.71. The van der Waals surface area contributed by atoms with E-state index in [2.05, 4.69) is 49.1 Å². The molecule has 0 atom stereocenters. The Bertz CT molecular complexity index is 403. The highest BCUT2D eigenvalue weighted by molar-refractivity contribution is 5.66. The van der Waals surface area contributed by atoms with Crippen molar-refractivity contribution < 1.29 is 9.90 Å². The molecular formula is C19H31NO2. The molecule has 1 N–H and O–H groups in total. The Hall–Kier alpha value is -1.35. The minimum absolute atomic E-state index is 0.318. The van der Waals surface area contributed by atoms with Gasteiger partial charge >= 0.3 is 5.97 Å². The SMILES string of the molecule is CC(C)N(CCCCCCCCC(=O)O)Cc1ccccc1. The first-order chi connectivity index (χ1) is 10.6. The van der Waals surface area contributed by atoms with Crippen molar-refractivity contribution in [1.29, 1.82) is 0 Å². The molecule has 0 saturated heterocycles. The predicted molar refractivity (Wildman–Crippen MR) is 91.9 cm³/mol. The lowest BCUT2D eigenvalue weighted by molar-refractivity contribution is -0.137. The van der Waals surface area contributed by atoms with E-state index in [1.165, 1.54) is 24.8 Å². The zero-order chi connectivity index (χ0) is 16.2. The number of carboxylic acids is 1. The first-order valence-corrected chi connectivity index (χ1v) is 8.59. The van der Waals surface area contributed by atoms with Crippen LogP contribution in [-0.4, -0.2) is 28.6 Å². The van der Waals surface area contributed by atoms with E-state index in [1.807, 2.05) is 0 Å². The van der Waals surface area contributed by atoms with E-state index in [4.69, 9.17) is 5.11 Å². The van der Waals surface area contributed by atoms with Crippen molar-refractivity contribution in [3.8, 4) is 0 Å². The summed E-state index contributed by atoms with van der Waals surface area (Å²) in [5.41, 5.74) is 1.38. The van der Waals surface area contributed by atoms with Crippen LogP contribution in [0, 0.1) is 0 Å². The molecule has 0 aliphatic carbocycles. The monoisotopic (exact) mass is 305 g/mol. The van der Waals surface area contributed by atoms with Gasteiger partial charge in [0.25, 0.3) is 0 Å². The quantitative estimate of drug-likeness (QED) is 0.568. The van der Waals surface area contributed by atoms with Crippen molar-refractivity contribution in [2.45, 2.75) is 71.4 Å². The number of rotatable bonds is 12. The van der Waals surface area contributed by atoms with E-state index >= 15 is 0 Å². The highest BCUT2D eigenvalue weighted by atomic mass is 16.4. The molecule has 0 unspecified atom stereocenters. The Morgan fingerprint density at radius 1 is 1.00 bits per heavy atom. The second-order valence-electron chi connectivity index (χ2n) is 6.31. The molecule has 3 nitrogen and oxygen atoms in total. The van der Waals surface area contributed by atoms with Gasteiger partial charge in [0.1, 0.15) is 0 Å². The van der Waals surface area contributed by atoms with Crippen molar-refractivity contribution in [3.63, 3.8) is 0 Å². The molecule has 0 bridgehead atoms. The molecule has 1 aromatic rings. The Morgan fingerprint density at radius 3 is 2.18 bits per heavy atom. The number of unbranched alkanes of at least 4 members (excludes halogenated alkanes) is 5. The molecule has 124 valence electrons. The zero-order valence-electron chi connectivity index (χ0n) is 14.1. The molecule has 0 spiro atoms. The smallest absolute Gasteiger partial charge is 0.303 e. The summed E-state index contributed by atoms with van der Waals surface area (Å²) < 4.78 is 0. The Morgan fingerprint density at radius 2 is 1.59 bits per heavy atom. The highest BCUT2D eigenvalue weighted by Crippen LogP contribution is 2.12. The van der Waals surface area contributed by atoms with Crippen molar-refractivity contribution in [2.75, 3.05) is 6.54 Å². The maximum atomic E-state index is 10.4. The number of benzene rings is 1. The Kier molecular flexibility index (Phi) is 9.56. The lowest BCUT2D eigenvalue weighted by atomic mass is 10.1. The van der Waals surface area contributed by atoms with E-state index in [0.29, 0.717) is 12.5 Å². The molecule has 0 aliphatic heterocycles. The van der Waals surface area contributed by atoms with Gasteiger partial charge in [-0.2, -0.15) is 0 Å². The number of carbonyl (C=O) groups is 1. The van der Waals surface area contributed by atoms with Crippen molar-refractivity contribution in [3.05, 3.63) is 35.9 Å². The number of aliphatic carboxylic acids is 1. The van der Waals surface area contributed by atoms with Crippen LogP contribution >= 0.6 is 0 Å². The van der Waals surface area contributed by atoms with Crippen LogP contribution in [0.4, 0.5) is 0 Å². The van der Waals surface area contributed by atoms with Crippen LogP contribution in [0.1, 0.15) is 64.4 Å². The zero-order valence-corrected chi connectivity index (χ0v) is 14.1. The second kappa shape index (κ2) is 11.2. The van der Waals surface area contributed by atoms with Crippen molar-refractivity contribution in [1.82, 2.24) is 4.90 Å². The lowest BCUT2D eigenvalue weighted by Gasteiger charge is -2.26. The first kappa shape index (κ1) is 18.7. The standard InChI is InChI=1S/C19H31NO2/c1-17(2)20(16-18-12-8-7-9-13-18)15-11-6-4-3-5-10-14-19(21)22/h7-9,12-13,17H,3-6,10-11,14-16H2,1-2H3,(H,21,22). The topological polar surface area (TPSA) is 40.5 Å². The normalized spacial score (nSPS) is 11.3. The fourth-order valence-electron chi connectivity index (χ4n) is 2.64. The number of hydrogen-bond acceptors (Lipinski definition) is 2. The molecule has 0 radical (unpaired) electrons. The largest absolute Gasteiger partial charge is 0.481 e. The van der Waals surface area contributed by atoms with Gasteiger partial charge < -0.3 is 5.11 Å². The van der Waals surface area contributed by atoms with Crippen LogP contribution < -0.4 is 0 Å². The maximum absolute atomic E-state index is 10.4. The summed E-state index contributed by atoms with van der Waals surface area (Å²) in [5, 5.41) is 8.58. The van der Waals surface area contributed by atoms with E-state index in [-0.39, 0.29) is 0 Å². The minimum Gasteiger partial charge on any atom is -0.481 e. The average Bonchev–Trinajstić information content (AvgIpc) is 2.49. The van der Waals surface area contributed by atoms with Gasteiger partial charge in [-0.3, -0.25) is 9.69 Å². The molecule has 1 rings (SSSR count). The molecule has 1 aromatic carbocycles. The summed E-state index contributed by atoms with van der Waals surface area (Å²) >= 11 is 0. The van der Waals surface area contributed by atoms with E-state index in [1.54, 1.807) is 0 Å². The molecule has 0 aliphatic rings. The van der Waals surface area contributed by atoms with Gasteiger partial charge in [0, 0.05) is 19.0 Å². The van der Waals surface area contributed by atoms with Gasteiger partial charge in [-0.1, -0.05) is 56.0 Å². The minimum atomic E-state index is -0.673. The fraction of sp³-hybridized carbons (Fsp3) is 0.632. The van der Waals surface area contributed by atoms with Crippen LogP contribution in [0.15, 0.2) is 30.3 Å². The number of nitrogens with zero attached hydrogens (tertiary/aromatic N) is 1. The highest BCUT2D eigenvalue weighted by Gasteiger charge is 2.09. The van der Waals surface area contributed by atoms with Crippen LogP contribution in [-0.2, 0) is 11.3 Å². The van der Waals surface area contributed by atoms with E-state index in [0.717, 1.165) is 32.4 Å². The van der Waals surface area contributed by atoms with Crippen LogP contribution in [0.3, 0.4) is 0 Å². The van der Waals surface area contributed by atoms with Gasteiger partial charge in [0.15, 0.2) is 0 Å². The fourth-order valence-corrected chi connectivity index (χ4v) is 2.64. The van der Waals surface area contributed by atoms with E-state index in [9.17, 15) is 4.79 Å². The summed E-state index contributed by atoms with van der Waals surface area (Å²) in [4.78, 5) is 12.9. The molecular weight excluding hydrogens is 274 g/mol. The summed E-state index contributed by atoms with van der Waals surface area (Å²) in [7, 11) is 0. The van der Waals surface area contributed by atoms with Crippen LogP contribution in [0.25, 0.3) is 0 Å². The van der Waals surface area contributed by atoms with E-state index < -0.39 is 5.97 Å². The maximum Gasteiger partial charge on any atom is 0.303 e. The van der Waals surface area contributed by atoms with Crippen molar-refractivity contribution >= 4 is 5.97 Å². The van der Waals surface area contributed by atoms with Crippen molar-refractivity contribution in [2.24, 2.45) is 0 Å². The second-order valence-corrected chi connectivity index (χ2v) is 6.31. The molecule has 0 heterocycles. The van der Waals surface area contributed by atoms with Crippen LogP contribution in [0.2, 0.25) is 0 Å². The van der Waals surface area contributed by atoms with Gasteiger partial charge in [-0.05, 0) is 38.8 Å². The third kappa shape index (κ3) is 8.83. The van der Waals surface area contributed by atoms with Gasteiger partial charge in [-0.25, -0.2) is 0 Å². The summed E-state index contributed by atoms with van der Waals surface area (Å²) in [5.74, 6) is -0.673. The molecule has 0 saturated carbocycles. The molecule has 0 amide bonds. The lowest BCUT2D eigenvalue weighted by Crippen LogP contribution is -2.31. The summed E-state index contributed by atoms with van der Waals surface area (Å²) in [6.45, 7) is 6.68. The molecule has 0 fully saturated rings. The number of hydrogen-bond donors (Lipinski definition) is 1. The van der Waals surface area contributed by atoms with Gasteiger partial charge in [0.2, 0.25) is 0 Å². The number of carboxylic acid groups (broad SMARTS) is 1. The Labute approximate surface area is 135 Å². The molecule has 3 heteroatoms. The average molecular weight is 305 g/mol.